The Morgan fingerprint density at radius 1 is 0.900 bits per heavy atom. The van der Waals surface area contributed by atoms with Crippen LogP contribution >= 0.6 is 0 Å². The molecule has 0 spiro atoms. The number of nitrogens with two attached hydrogens (primary N) is 1. The molecule has 1 fully saturated rings. The number of hydrogen-bond acceptors (Lipinski definition) is 2. The Balaban J connectivity index is 1.68. The van der Waals surface area contributed by atoms with Gasteiger partial charge in [-0.3, -0.25) is 0 Å². The van der Waals surface area contributed by atoms with E-state index >= 15 is 0 Å². The van der Waals surface area contributed by atoms with Crippen LogP contribution < -0.4 is 5.73 Å². The van der Waals surface area contributed by atoms with Crippen LogP contribution in [0.5, 0.6) is 0 Å². The van der Waals surface area contributed by atoms with Gasteiger partial charge in [0.1, 0.15) is 0 Å². The maximum Gasteiger partial charge on any atom is 0.0693 e. The highest BCUT2D eigenvalue weighted by molar-refractivity contribution is 5.63. The van der Waals surface area contributed by atoms with E-state index in [1.165, 1.54) is 16.7 Å². The van der Waals surface area contributed by atoms with Crippen LogP contribution in [0.1, 0.15) is 18.4 Å². The number of benzene rings is 2. The molecule has 2 aromatic rings. The predicted octanol–water partition coefficient (Wildman–Crippen LogP) is 2.99. The minimum absolute atomic E-state index is 0.0383. The van der Waals surface area contributed by atoms with Crippen LogP contribution in [0.2, 0.25) is 0 Å². The van der Waals surface area contributed by atoms with Crippen molar-refractivity contribution < 1.29 is 5.11 Å². The van der Waals surface area contributed by atoms with Crippen LogP contribution in [0.15, 0.2) is 54.6 Å². The van der Waals surface area contributed by atoms with Gasteiger partial charge in [-0.15, -0.1) is 0 Å². The molecule has 3 atom stereocenters. The molecule has 0 aliphatic heterocycles. The summed E-state index contributed by atoms with van der Waals surface area (Å²) in [4.78, 5) is 0. The first kappa shape index (κ1) is 13.3. The second-order valence-corrected chi connectivity index (χ2v) is 5.84. The SMILES string of the molecule is N[C@H]1C[C@H](Cc2ccc(-c3ccccc3)cc2)C[C@@H]1O. The summed E-state index contributed by atoms with van der Waals surface area (Å²) in [5.74, 6) is 0.516. The summed E-state index contributed by atoms with van der Waals surface area (Å²) in [5, 5.41) is 9.71. The zero-order chi connectivity index (χ0) is 13.9. The number of aliphatic hydroxyl groups excluding tert-OH is 1. The second kappa shape index (κ2) is 5.78. The summed E-state index contributed by atoms with van der Waals surface area (Å²) in [7, 11) is 0. The lowest BCUT2D eigenvalue weighted by molar-refractivity contribution is 0.161. The molecule has 0 bridgehead atoms. The molecular weight excluding hydrogens is 246 g/mol. The van der Waals surface area contributed by atoms with Gasteiger partial charge in [0.15, 0.2) is 0 Å². The third-order valence-electron chi connectivity index (χ3n) is 4.26. The Labute approximate surface area is 120 Å². The van der Waals surface area contributed by atoms with Crippen LogP contribution in [0.3, 0.4) is 0 Å². The molecule has 0 aromatic heterocycles. The normalized spacial score (nSPS) is 25.8. The summed E-state index contributed by atoms with van der Waals surface area (Å²) in [6.07, 6.45) is 2.46. The quantitative estimate of drug-likeness (QED) is 0.898. The molecule has 2 nitrogen and oxygen atoms in total. The molecule has 1 aliphatic carbocycles. The summed E-state index contributed by atoms with van der Waals surface area (Å²) in [5.41, 5.74) is 9.70. The highest BCUT2D eigenvalue weighted by Crippen LogP contribution is 2.28. The molecule has 0 saturated heterocycles. The highest BCUT2D eigenvalue weighted by Gasteiger charge is 2.29. The Bertz CT molecular complexity index is 539. The van der Waals surface area contributed by atoms with Gasteiger partial charge in [-0.05, 0) is 41.9 Å². The zero-order valence-electron chi connectivity index (χ0n) is 11.6. The lowest BCUT2D eigenvalue weighted by Crippen LogP contribution is -2.28. The average Bonchev–Trinajstić information content (AvgIpc) is 2.79. The second-order valence-electron chi connectivity index (χ2n) is 5.84. The largest absolute Gasteiger partial charge is 0.392 e. The van der Waals surface area contributed by atoms with E-state index < -0.39 is 0 Å². The maximum absolute atomic E-state index is 9.71. The van der Waals surface area contributed by atoms with Crippen molar-refractivity contribution in [3.05, 3.63) is 60.2 Å². The number of aliphatic hydroxyl groups is 1. The van der Waals surface area contributed by atoms with Crippen LogP contribution in [-0.4, -0.2) is 17.3 Å². The fourth-order valence-electron chi connectivity index (χ4n) is 3.12. The van der Waals surface area contributed by atoms with Gasteiger partial charge in [0, 0.05) is 6.04 Å². The van der Waals surface area contributed by atoms with E-state index in [4.69, 9.17) is 5.73 Å². The molecule has 0 amide bonds. The van der Waals surface area contributed by atoms with Crippen LogP contribution in [0.25, 0.3) is 11.1 Å². The molecule has 1 saturated carbocycles. The standard InChI is InChI=1S/C18H21NO/c19-17-11-14(12-18(17)20)10-13-6-8-16(9-7-13)15-4-2-1-3-5-15/h1-9,14,17-18,20H,10-12,19H2/t14-,17-,18-/m0/s1. The van der Waals surface area contributed by atoms with E-state index in [9.17, 15) is 5.11 Å². The Kier molecular flexibility index (Phi) is 3.86. The first-order valence-corrected chi connectivity index (χ1v) is 7.30. The molecule has 3 N–H and O–H groups in total. The van der Waals surface area contributed by atoms with Crippen molar-refractivity contribution in [2.45, 2.75) is 31.4 Å². The van der Waals surface area contributed by atoms with Crippen molar-refractivity contribution in [2.75, 3.05) is 0 Å². The van der Waals surface area contributed by atoms with Gasteiger partial charge in [0.25, 0.3) is 0 Å². The fraction of sp³-hybridized carbons (Fsp3) is 0.333. The number of rotatable bonds is 3. The molecular formula is C18H21NO. The molecule has 104 valence electrons. The molecule has 2 aromatic carbocycles. The minimum Gasteiger partial charge on any atom is -0.392 e. The van der Waals surface area contributed by atoms with Crippen LogP contribution in [0, 0.1) is 5.92 Å². The van der Waals surface area contributed by atoms with Gasteiger partial charge in [0.2, 0.25) is 0 Å². The summed E-state index contributed by atoms with van der Waals surface area (Å²) >= 11 is 0. The molecule has 0 heterocycles. The van der Waals surface area contributed by atoms with Crippen molar-refractivity contribution >= 4 is 0 Å². The van der Waals surface area contributed by atoms with Gasteiger partial charge in [-0.25, -0.2) is 0 Å². The predicted molar refractivity (Wildman–Crippen MR) is 82.3 cm³/mol. The lowest BCUT2D eigenvalue weighted by atomic mass is 9.96. The van der Waals surface area contributed by atoms with E-state index in [1.807, 2.05) is 6.07 Å². The third-order valence-corrected chi connectivity index (χ3v) is 4.26. The van der Waals surface area contributed by atoms with E-state index in [0.29, 0.717) is 5.92 Å². The van der Waals surface area contributed by atoms with E-state index in [1.54, 1.807) is 0 Å². The summed E-state index contributed by atoms with van der Waals surface area (Å²) < 4.78 is 0. The summed E-state index contributed by atoms with van der Waals surface area (Å²) in [6.45, 7) is 0. The van der Waals surface area contributed by atoms with Gasteiger partial charge < -0.3 is 10.8 Å². The smallest absolute Gasteiger partial charge is 0.0693 e. The zero-order valence-corrected chi connectivity index (χ0v) is 11.6. The molecule has 0 radical (unpaired) electrons. The first-order chi connectivity index (χ1) is 9.72. The topological polar surface area (TPSA) is 46.2 Å². The van der Waals surface area contributed by atoms with Crippen molar-refractivity contribution in [1.82, 2.24) is 0 Å². The molecule has 1 aliphatic rings. The molecule has 0 unspecified atom stereocenters. The Morgan fingerprint density at radius 3 is 2.15 bits per heavy atom. The lowest BCUT2D eigenvalue weighted by Gasteiger charge is -2.10. The first-order valence-electron chi connectivity index (χ1n) is 7.30. The van der Waals surface area contributed by atoms with Crippen LogP contribution in [-0.2, 0) is 6.42 Å². The minimum atomic E-state index is -0.316. The van der Waals surface area contributed by atoms with Crippen molar-refractivity contribution in [2.24, 2.45) is 11.7 Å². The van der Waals surface area contributed by atoms with Crippen molar-refractivity contribution in [3.63, 3.8) is 0 Å². The van der Waals surface area contributed by atoms with Crippen molar-refractivity contribution in [1.29, 1.82) is 0 Å². The van der Waals surface area contributed by atoms with Gasteiger partial charge in [-0.1, -0.05) is 54.6 Å². The molecule has 2 heteroatoms. The molecule has 3 rings (SSSR count). The molecule has 20 heavy (non-hydrogen) atoms. The van der Waals surface area contributed by atoms with E-state index in [-0.39, 0.29) is 12.1 Å². The Morgan fingerprint density at radius 2 is 1.55 bits per heavy atom. The van der Waals surface area contributed by atoms with Gasteiger partial charge >= 0.3 is 0 Å². The average molecular weight is 267 g/mol. The van der Waals surface area contributed by atoms with Gasteiger partial charge in [0.05, 0.1) is 6.10 Å². The highest BCUT2D eigenvalue weighted by atomic mass is 16.3. The van der Waals surface area contributed by atoms with E-state index in [0.717, 1.165) is 19.3 Å². The van der Waals surface area contributed by atoms with E-state index in [2.05, 4.69) is 48.5 Å². The van der Waals surface area contributed by atoms with Crippen molar-refractivity contribution in [3.8, 4) is 11.1 Å². The maximum atomic E-state index is 9.71. The fourth-order valence-corrected chi connectivity index (χ4v) is 3.12. The van der Waals surface area contributed by atoms with Crippen LogP contribution in [0.4, 0.5) is 0 Å². The monoisotopic (exact) mass is 267 g/mol. The number of hydrogen-bond donors (Lipinski definition) is 2. The van der Waals surface area contributed by atoms with Gasteiger partial charge in [-0.2, -0.15) is 0 Å². The third kappa shape index (κ3) is 2.92. The Hall–Kier alpha value is -1.64. The summed E-state index contributed by atoms with van der Waals surface area (Å²) in [6, 6.07) is 19.1.